The number of hydrogen-bond acceptors (Lipinski definition) is 5. The molecule has 2 aromatic rings. The molecule has 3 rings (SSSR count). The Balaban J connectivity index is 1.92. The molecule has 1 fully saturated rings. The summed E-state index contributed by atoms with van der Waals surface area (Å²) in [4.78, 5) is 38.9. The molecule has 1 aromatic heterocycles. The van der Waals surface area contributed by atoms with Crippen LogP contribution in [0.5, 0.6) is 5.75 Å². The molecule has 0 radical (unpaired) electrons. The van der Waals surface area contributed by atoms with Crippen molar-refractivity contribution in [1.82, 2.24) is 14.7 Å². The molecule has 0 atom stereocenters. The quantitative estimate of drug-likeness (QED) is 0.610. The summed E-state index contributed by atoms with van der Waals surface area (Å²) in [5.41, 5.74) is 0.920. The first-order chi connectivity index (χ1) is 11.5. The van der Waals surface area contributed by atoms with Gasteiger partial charge in [0.2, 0.25) is 0 Å². The van der Waals surface area contributed by atoms with Crippen LogP contribution in [0.4, 0.5) is 10.5 Å². The fraction of sp³-hybridized carbons (Fsp3) is 0.250. The van der Waals surface area contributed by atoms with Gasteiger partial charge in [-0.25, -0.2) is 9.69 Å². The van der Waals surface area contributed by atoms with Crippen LogP contribution in [-0.4, -0.2) is 39.1 Å². The Bertz CT molecular complexity index is 814. The van der Waals surface area contributed by atoms with Crippen molar-refractivity contribution in [2.24, 2.45) is 7.05 Å². The lowest BCUT2D eigenvalue weighted by molar-refractivity contribution is -0.139. The summed E-state index contributed by atoms with van der Waals surface area (Å²) >= 11 is 0. The van der Waals surface area contributed by atoms with Gasteiger partial charge in [0.15, 0.2) is 0 Å². The lowest BCUT2D eigenvalue weighted by Gasteiger charge is -2.17. The average molecular weight is 328 g/mol. The van der Waals surface area contributed by atoms with Crippen LogP contribution in [0.2, 0.25) is 0 Å². The Hall–Kier alpha value is -3.16. The summed E-state index contributed by atoms with van der Waals surface area (Å²) in [7, 11) is 1.73. The van der Waals surface area contributed by atoms with Gasteiger partial charge in [0.25, 0.3) is 0 Å². The number of benzene rings is 1. The molecule has 124 valence electrons. The molecule has 0 spiro atoms. The van der Waals surface area contributed by atoms with E-state index < -0.39 is 17.8 Å². The fourth-order valence-electron chi connectivity index (χ4n) is 2.51. The van der Waals surface area contributed by atoms with Gasteiger partial charge in [-0.15, -0.1) is 0 Å². The van der Waals surface area contributed by atoms with Crippen LogP contribution >= 0.6 is 0 Å². The van der Waals surface area contributed by atoms with E-state index in [2.05, 4.69) is 5.10 Å². The smallest absolute Gasteiger partial charge is 0.339 e. The molecule has 0 bridgehead atoms. The van der Waals surface area contributed by atoms with Crippen LogP contribution in [0.3, 0.4) is 0 Å². The zero-order chi connectivity index (χ0) is 17.3. The van der Waals surface area contributed by atoms with Gasteiger partial charge in [0.05, 0.1) is 25.0 Å². The van der Waals surface area contributed by atoms with E-state index in [0.717, 1.165) is 9.80 Å². The number of anilines is 1. The number of urea groups is 1. The molecule has 8 heteroatoms. The van der Waals surface area contributed by atoms with E-state index in [1.165, 1.54) is 0 Å². The van der Waals surface area contributed by atoms with Crippen molar-refractivity contribution in [3.63, 3.8) is 0 Å². The molecule has 1 aliphatic heterocycles. The molecule has 1 saturated heterocycles. The lowest BCUT2D eigenvalue weighted by Crippen LogP contribution is -2.33. The highest BCUT2D eigenvalue weighted by Gasteiger charge is 2.46. The summed E-state index contributed by atoms with van der Waals surface area (Å²) in [6, 6.07) is 5.93. The van der Waals surface area contributed by atoms with Crippen molar-refractivity contribution in [3.05, 3.63) is 42.2 Å². The Labute approximate surface area is 138 Å². The topological polar surface area (TPSA) is 84.7 Å². The van der Waals surface area contributed by atoms with E-state index in [4.69, 9.17) is 4.74 Å². The van der Waals surface area contributed by atoms with Gasteiger partial charge in [-0.05, 0) is 19.1 Å². The highest BCUT2D eigenvalue weighted by molar-refractivity contribution is 6.52. The number of rotatable bonds is 5. The molecule has 24 heavy (non-hydrogen) atoms. The fourth-order valence-corrected chi connectivity index (χ4v) is 2.51. The van der Waals surface area contributed by atoms with Crippen LogP contribution in [0, 0.1) is 0 Å². The molecular formula is C16H16N4O4. The van der Waals surface area contributed by atoms with Crippen LogP contribution < -0.4 is 9.64 Å². The van der Waals surface area contributed by atoms with E-state index >= 15 is 0 Å². The molecule has 0 unspecified atom stereocenters. The van der Waals surface area contributed by atoms with E-state index in [9.17, 15) is 14.4 Å². The summed E-state index contributed by atoms with van der Waals surface area (Å²) in [5, 5.41) is 3.99. The van der Waals surface area contributed by atoms with Gasteiger partial charge in [-0.1, -0.05) is 12.1 Å². The first-order valence-corrected chi connectivity index (χ1v) is 7.42. The van der Waals surface area contributed by atoms with Crippen molar-refractivity contribution in [2.75, 3.05) is 11.5 Å². The van der Waals surface area contributed by atoms with Crippen molar-refractivity contribution < 1.29 is 19.1 Å². The second-order valence-electron chi connectivity index (χ2n) is 5.24. The minimum Gasteiger partial charge on any atom is -0.492 e. The molecule has 1 aromatic carbocycles. The second-order valence-corrected chi connectivity index (χ2v) is 5.24. The minimum absolute atomic E-state index is 0.00938. The monoisotopic (exact) mass is 328 g/mol. The second kappa shape index (κ2) is 6.15. The van der Waals surface area contributed by atoms with Crippen molar-refractivity contribution in [1.29, 1.82) is 0 Å². The summed E-state index contributed by atoms with van der Waals surface area (Å²) in [6.07, 6.45) is 3.23. The van der Waals surface area contributed by atoms with Gasteiger partial charge in [0, 0.05) is 18.8 Å². The third-order valence-electron chi connectivity index (χ3n) is 3.56. The number of aryl methyl sites for hydroxylation is 1. The number of para-hydroxylation sites is 2. The Morgan fingerprint density at radius 3 is 2.54 bits per heavy atom. The summed E-state index contributed by atoms with van der Waals surface area (Å²) in [5.74, 6) is -1.39. The number of amides is 4. The maximum absolute atomic E-state index is 12.6. The SMILES string of the molecule is CCOc1ccccc1N1C(=O)C(=O)N(Cc2cnn(C)c2)C1=O. The highest BCUT2D eigenvalue weighted by Crippen LogP contribution is 2.32. The Morgan fingerprint density at radius 1 is 1.12 bits per heavy atom. The van der Waals surface area contributed by atoms with Gasteiger partial charge in [-0.3, -0.25) is 19.2 Å². The molecular weight excluding hydrogens is 312 g/mol. The lowest BCUT2D eigenvalue weighted by atomic mass is 10.2. The van der Waals surface area contributed by atoms with Crippen molar-refractivity contribution in [2.45, 2.75) is 13.5 Å². The average Bonchev–Trinajstić information content (AvgIpc) is 3.06. The van der Waals surface area contributed by atoms with E-state index in [-0.39, 0.29) is 12.2 Å². The molecule has 0 saturated carbocycles. The Kier molecular flexibility index (Phi) is 4.03. The van der Waals surface area contributed by atoms with E-state index in [0.29, 0.717) is 17.9 Å². The first kappa shape index (κ1) is 15.7. The first-order valence-electron chi connectivity index (χ1n) is 7.42. The highest BCUT2D eigenvalue weighted by atomic mass is 16.5. The number of hydrogen-bond donors (Lipinski definition) is 0. The normalized spacial score (nSPS) is 14.7. The maximum Gasteiger partial charge on any atom is 0.339 e. The predicted octanol–water partition coefficient (Wildman–Crippen LogP) is 1.31. The van der Waals surface area contributed by atoms with Crippen LogP contribution in [0.1, 0.15) is 12.5 Å². The van der Waals surface area contributed by atoms with Crippen molar-refractivity contribution >= 4 is 23.5 Å². The van der Waals surface area contributed by atoms with Gasteiger partial charge >= 0.3 is 17.8 Å². The zero-order valence-electron chi connectivity index (χ0n) is 13.3. The predicted molar refractivity (Wildman–Crippen MR) is 84.3 cm³/mol. The zero-order valence-corrected chi connectivity index (χ0v) is 13.3. The van der Waals surface area contributed by atoms with Crippen LogP contribution in [-0.2, 0) is 23.2 Å². The number of imide groups is 2. The molecule has 0 N–H and O–H groups in total. The Morgan fingerprint density at radius 2 is 1.88 bits per heavy atom. The number of ether oxygens (including phenoxy) is 1. The van der Waals surface area contributed by atoms with Gasteiger partial charge in [-0.2, -0.15) is 5.10 Å². The summed E-state index contributed by atoms with van der Waals surface area (Å²) < 4.78 is 7.01. The van der Waals surface area contributed by atoms with Crippen LogP contribution in [0.15, 0.2) is 36.7 Å². The standard InChI is InChI=1S/C16H16N4O4/c1-3-24-13-7-5-4-6-12(13)20-15(22)14(21)19(16(20)23)10-11-8-17-18(2)9-11/h4-9H,3,10H2,1-2H3. The van der Waals surface area contributed by atoms with E-state index in [1.54, 1.807) is 55.3 Å². The third kappa shape index (κ3) is 2.62. The molecule has 1 aliphatic rings. The summed E-state index contributed by atoms with van der Waals surface area (Å²) in [6.45, 7) is 2.16. The molecule has 2 heterocycles. The number of carbonyl (C=O) groups excluding carboxylic acids is 3. The maximum atomic E-state index is 12.6. The third-order valence-corrected chi connectivity index (χ3v) is 3.56. The molecule has 8 nitrogen and oxygen atoms in total. The molecule has 4 amide bonds. The van der Waals surface area contributed by atoms with Crippen molar-refractivity contribution in [3.8, 4) is 5.75 Å². The van der Waals surface area contributed by atoms with Crippen LogP contribution in [0.25, 0.3) is 0 Å². The number of aromatic nitrogens is 2. The van der Waals surface area contributed by atoms with E-state index in [1.807, 2.05) is 0 Å². The largest absolute Gasteiger partial charge is 0.492 e. The molecule has 0 aliphatic carbocycles. The number of nitrogens with zero attached hydrogens (tertiary/aromatic N) is 4. The minimum atomic E-state index is -0.893. The number of carbonyl (C=O) groups is 3. The van der Waals surface area contributed by atoms with Gasteiger partial charge < -0.3 is 4.74 Å². The van der Waals surface area contributed by atoms with Gasteiger partial charge in [0.1, 0.15) is 5.75 Å².